The van der Waals surface area contributed by atoms with Gasteiger partial charge in [0.25, 0.3) is 0 Å². The van der Waals surface area contributed by atoms with Gasteiger partial charge in [-0.15, -0.1) is 0 Å². The second-order valence-corrected chi connectivity index (χ2v) is 2.96. The van der Waals surface area contributed by atoms with Crippen LogP contribution in [0.2, 0.25) is 0 Å². The number of nitrogens with one attached hydrogen (secondary N) is 1. The second kappa shape index (κ2) is 3.97. The van der Waals surface area contributed by atoms with Gasteiger partial charge in [-0.3, -0.25) is 0 Å². The Kier molecular flexibility index (Phi) is 2.94. The number of amides is 3. The fraction of sp³-hybridized carbons (Fsp3) is 0.714. The van der Waals surface area contributed by atoms with Crippen molar-refractivity contribution in [2.24, 2.45) is 11.7 Å². The Balaban J connectivity index is 2.11. The van der Waals surface area contributed by atoms with Gasteiger partial charge in [0.1, 0.15) is 0 Å². The molecule has 1 aliphatic rings. The highest BCUT2D eigenvalue weighted by atomic mass is 16.5. The summed E-state index contributed by atoms with van der Waals surface area (Å²) in [4.78, 5) is 22.8. The van der Waals surface area contributed by atoms with E-state index in [1.807, 2.05) is 0 Å². The van der Waals surface area contributed by atoms with Crippen LogP contribution in [0.5, 0.6) is 0 Å². The number of urea groups is 1. The van der Waals surface area contributed by atoms with Crippen molar-refractivity contribution in [3.05, 3.63) is 0 Å². The largest absolute Gasteiger partial charge is 0.449 e. The zero-order valence-electron chi connectivity index (χ0n) is 7.45. The molecule has 0 aromatic heterocycles. The molecule has 6 heteroatoms. The standard InChI is InChI=1S/C7H13N3O3/c1-9-7(12)10-2-5(3-10)4-13-6(8)11/h5H,2-4H2,1H3,(H2,8,11)(H,9,12). The summed E-state index contributed by atoms with van der Waals surface area (Å²) < 4.78 is 4.59. The molecule has 0 saturated carbocycles. The molecule has 0 unspecified atom stereocenters. The van der Waals surface area contributed by atoms with E-state index in [4.69, 9.17) is 5.73 Å². The van der Waals surface area contributed by atoms with E-state index in [0.717, 1.165) is 0 Å². The molecule has 6 nitrogen and oxygen atoms in total. The maximum absolute atomic E-state index is 11.0. The quantitative estimate of drug-likeness (QED) is 0.602. The van der Waals surface area contributed by atoms with Gasteiger partial charge >= 0.3 is 12.1 Å². The molecule has 1 saturated heterocycles. The first-order chi connectivity index (χ1) is 6.13. The lowest BCUT2D eigenvalue weighted by atomic mass is 10.0. The van der Waals surface area contributed by atoms with Crippen LogP contribution in [0.25, 0.3) is 0 Å². The Bertz CT molecular complexity index is 213. The van der Waals surface area contributed by atoms with Gasteiger partial charge in [-0.2, -0.15) is 0 Å². The van der Waals surface area contributed by atoms with Gasteiger partial charge in [0.15, 0.2) is 0 Å². The number of hydrogen-bond donors (Lipinski definition) is 2. The molecule has 3 amide bonds. The zero-order valence-corrected chi connectivity index (χ0v) is 7.45. The Morgan fingerprint density at radius 2 is 2.23 bits per heavy atom. The SMILES string of the molecule is CNC(=O)N1CC(COC(N)=O)C1. The van der Waals surface area contributed by atoms with Gasteiger partial charge < -0.3 is 20.7 Å². The first kappa shape index (κ1) is 9.63. The van der Waals surface area contributed by atoms with Crippen LogP contribution in [0.3, 0.4) is 0 Å². The zero-order chi connectivity index (χ0) is 9.84. The molecule has 13 heavy (non-hydrogen) atoms. The highest BCUT2D eigenvalue weighted by Crippen LogP contribution is 2.15. The number of hydrogen-bond acceptors (Lipinski definition) is 3. The van der Waals surface area contributed by atoms with Crippen LogP contribution in [0.4, 0.5) is 9.59 Å². The molecule has 3 N–H and O–H groups in total. The van der Waals surface area contributed by atoms with E-state index in [9.17, 15) is 9.59 Å². The molecule has 74 valence electrons. The molecule has 1 aliphatic heterocycles. The molecular formula is C7H13N3O3. The van der Waals surface area contributed by atoms with E-state index in [0.29, 0.717) is 19.7 Å². The number of carbonyl (C=O) groups excluding carboxylic acids is 2. The molecule has 0 aromatic rings. The van der Waals surface area contributed by atoms with E-state index in [-0.39, 0.29) is 11.9 Å². The summed E-state index contributed by atoms with van der Waals surface area (Å²) in [5.41, 5.74) is 4.79. The highest BCUT2D eigenvalue weighted by molar-refractivity contribution is 5.74. The molecule has 0 bridgehead atoms. The molecule has 0 atom stereocenters. The third-order valence-corrected chi connectivity index (χ3v) is 1.92. The van der Waals surface area contributed by atoms with Crippen LogP contribution in [0.15, 0.2) is 0 Å². The maximum Gasteiger partial charge on any atom is 0.404 e. The summed E-state index contributed by atoms with van der Waals surface area (Å²) in [7, 11) is 1.58. The van der Waals surface area contributed by atoms with E-state index in [1.165, 1.54) is 0 Å². The monoisotopic (exact) mass is 187 g/mol. The first-order valence-electron chi connectivity index (χ1n) is 4.02. The molecule has 1 heterocycles. The van der Waals surface area contributed by atoms with Gasteiger partial charge in [-0.05, 0) is 0 Å². The predicted octanol–water partition coefficient (Wildman–Crippen LogP) is -0.647. The summed E-state index contributed by atoms with van der Waals surface area (Å²) in [6, 6.07) is -0.102. The Labute approximate surface area is 76.0 Å². The van der Waals surface area contributed by atoms with Crippen LogP contribution in [-0.2, 0) is 4.74 Å². The minimum absolute atomic E-state index is 0.102. The Hall–Kier alpha value is -1.46. The van der Waals surface area contributed by atoms with Crippen LogP contribution in [-0.4, -0.2) is 43.8 Å². The normalized spacial score (nSPS) is 16.2. The van der Waals surface area contributed by atoms with Crippen LogP contribution < -0.4 is 11.1 Å². The topological polar surface area (TPSA) is 84.7 Å². The average molecular weight is 187 g/mol. The summed E-state index contributed by atoms with van der Waals surface area (Å²) in [6.45, 7) is 1.53. The Morgan fingerprint density at radius 1 is 1.62 bits per heavy atom. The fourth-order valence-electron chi connectivity index (χ4n) is 1.20. The van der Waals surface area contributed by atoms with E-state index in [2.05, 4.69) is 10.1 Å². The maximum atomic E-state index is 11.0. The van der Waals surface area contributed by atoms with Crippen molar-refractivity contribution in [3.8, 4) is 0 Å². The molecule has 0 radical (unpaired) electrons. The summed E-state index contributed by atoms with van der Waals surface area (Å²) in [5, 5.41) is 2.51. The van der Waals surface area contributed by atoms with Crippen LogP contribution in [0.1, 0.15) is 0 Å². The minimum Gasteiger partial charge on any atom is -0.449 e. The number of nitrogens with two attached hydrogens (primary N) is 1. The number of nitrogens with zero attached hydrogens (tertiary/aromatic N) is 1. The van der Waals surface area contributed by atoms with Crippen molar-refractivity contribution in [3.63, 3.8) is 0 Å². The third-order valence-electron chi connectivity index (χ3n) is 1.92. The number of likely N-dealkylation sites (tertiary alicyclic amines) is 1. The van der Waals surface area contributed by atoms with Gasteiger partial charge in [0.05, 0.1) is 6.61 Å². The van der Waals surface area contributed by atoms with Crippen LogP contribution in [0, 0.1) is 5.92 Å². The molecular weight excluding hydrogens is 174 g/mol. The average Bonchev–Trinajstić information content (AvgIpc) is 2.00. The van der Waals surface area contributed by atoms with Crippen molar-refractivity contribution < 1.29 is 14.3 Å². The molecule has 0 aromatic carbocycles. The van der Waals surface area contributed by atoms with Gasteiger partial charge in [-0.1, -0.05) is 0 Å². The van der Waals surface area contributed by atoms with Crippen molar-refractivity contribution in [2.75, 3.05) is 26.7 Å². The lowest BCUT2D eigenvalue weighted by Gasteiger charge is -2.38. The fourth-order valence-corrected chi connectivity index (χ4v) is 1.20. The molecule has 1 rings (SSSR count). The molecule has 1 fully saturated rings. The van der Waals surface area contributed by atoms with E-state index >= 15 is 0 Å². The lowest BCUT2D eigenvalue weighted by Crippen LogP contribution is -2.54. The molecule has 0 aliphatic carbocycles. The summed E-state index contributed by atoms with van der Waals surface area (Å²) in [6.07, 6.45) is -0.765. The van der Waals surface area contributed by atoms with Crippen LogP contribution >= 0.6 is 0 Å². The third kappa shape index (κ3) is 2.50. The van der Waals surface area contributed by atoms with Crippen molar-refractivity contribution in [2.45, 2.75) is 0 Å². The summed E-state index contributed by atoms with van der Waals surface area (Å²) >= 11 is 0. The van der Waals surface area contributed by atoms with Crippen molar-refractivity contribution >= 4 is 12.1 Å². The summed E-state index contributed by atoms with van der Waals surface area (Å²) in [5.74, 6) is 0.227. The highest BCUT2D eigenvalue weighted by Gasteiger charge is 2.30. The number of carbonyl (C=O) groups is 2. The first-order valence-corrected chi connectivity index (χ1v) is 4.02. The molecule has 0 spiro atoms. The Morgan fingerprint density at radius 3 is 2.69 bits per heavy atom. The van der Waals surface area contributed by atoms with E-state index < -0.39 is 6.09 Å². The van der Waals surface area contributed by atoms with Gasteiger partial charge in [0.2, 0.25) is 0 Å². The van der Waals surface area contributed by atoms with Crippen molar-refractivity contribution in [1.82, 2.24) is 10.2 Å². The number of ether oxygens (including phenoxy) is 1. The number of primary amides is 1. The van der Waals surface area contributed by atoms with Crippen molar-refractivity contribution in [1.29, 1.82) is 0 Å². The predicted molar refractivity (Wildman–Crippen MR) is 45.1 cm³/mol. The van der Waals surface area contributed by atoms with E-state index in [1.54, 1.807) is 11.9 Å². The smallest absolute Gasteiger partial charge is 0.404 e. The minimum atomic E-state index is -0.765. The second-order valence-electron chi connectivity index (χ2n) is 2.96. The van der Waals surface area contributed by atoms with Gasteiger partial charge in [0, 0.05) is 26.1 Å². The lowest BCUT2D eigenvalue weighted by molar-refractivity contribution is 0.0643. The van der Waals surface area contributed by atoms with Gasteiger partial charge in [-0.25, -0.2) is 9.59 Å². The number of rotatable bonds is 2.